The molecule has 2 nitrogen and oxygen atoms in total. The van der Waals surface area contributed by atoms with Crippen molar-refractivity contribution in [2.45, 2.75) is 6.42 Å². The van der Waals surface area contributed by atoms with Crippen LogP contribution in [0.1, 0.15) is 15.9 Å². The third-order valence-electron chi connectivity index (χ3n) is 3.24. The van der Waals surface area contributed by atoms with Crippen LogP contribution >= 0.6 is 15.9 Å². The summed E-state index contributed by atoms with van der Waals surface area (Å²) in [6, 6.07) is 15.6. The lowest BCUT2D eigenvalue weighted by molar-refractivity contribution is 0.0988. The van der Waals surface area contributed by atoms with E-state index in [1.165, 1.54) is 5.56 Å². The molecule has 1 aliphatic heterocycles. The summed E-state index contributed by atoms with van der Waals surface area (Å²) in [6.07, 6.45) is 0.937. The van der Waals surface area contributed by atoms with Gasteiger partial charge in [-0.1, -0.05) is 30.3 Å². The molecule has 0 saturated heterocycles. The van der Waals surface area contributed by atoms with Crippen molar-refractivity contribution in [2.75, 3.05) is 11.4 Å². The molecule has 1 aliphatic rings. The highest BCUT2D eigenvalue weighted by Gasteiger charge is 2.25. The van der Waals surface area contributed by atoms with E-state index in [4.69, 9.17) is 0 Å². The van der Waals surface area contributed by atoms with E-state index >= 15 is 0 Å². The van der Waals surface area contributed by atoms with E-state index in [9.17, 15) is 4.79 Å². The number of para-hydroxylation sites is 1. The summed E-state index contributed by atoms with van der Waals surface area (Å²) in [4.78, 5) is 14.4. The average molecular weight is 302 g/mol. The Balaban J connectivity index is 1.99. The second-order valence-electron chi connectivity index (χ2n) is 4.32. The molecule has 1 heterocycles. The quantitative estimate of drug-likeness (QED) is 0.787. The molecule has 0 fully saturated rings. The van der Waals surface area contributed by atoms with Crippen molar-refractivity contribution in [2.24, 2.45) is 0 Å². The molecule has 0 N–H and O–H groups in total. The predicted molar refractivity (Wildman–Crippen MR) is 76.0 cm³/mol. The molecule has 0 aromatic heterocycles. The van der Waals surface area contributed by atoms with Crippen LogP contribution < -0.4 is 4.90 Å². The first-order valence-corrected chi connectivity index (χ1v) is 6.71. The van der Waals surface area contributed by atoms with Crippen molar-refractivity contribution in [1.82, 2.24) is 0 Å². The lowest BCUT2D eigenvalue weighted by Crippen LogP contribution is -2.29. The Hall–Kier alpha value is -1.61. The molecule has 0 bridgehead atoms. The van der Waals surface area contributed by atoms with Gasteiger partial charge in [0.1, 0.15) is 0 Å². The number of nitrogens with zero attached hydrogens (tertiary/aromatic N) is 1. The summed E-state index contributed by atoms with van der Waals surface area (Å²) in [5.41, 5.74) is 3.00. The number of hydrogen-bond acceptors (Lipinski definition) is 1. The van der Waals surface area contributed by atoms with Gasteiger partial charge in [0.25, 0.3) is 5.91 Å². The Labute approximate surface area is 114 Å². The number of amides is 1. The summed E-state index contributed by atoms with van der Waals surface area (Å²) in [6.45, 7) is 0.763. The van der Waals surface area contributed by atoms with E-state index in [0.29, 0.717) is 5.56 Å². The van der Waals surface area contributed by atoms with Crippen molar-refractivity contribution >= 4 is 27.5 Å². The molecule has 1 amide bonds. The maximum atomic E-state index is 12.5. The molecule has 0 saturated carbocycles. The van der Waals surface area contributed by atoms with E-state index in [1.54, 1.807) is 0 Å². The minimum absolute atomic E-state index is 0.0624. The zero-order valence-corrected chi connectivity index (χ0v) is 11.4. The number of carbonyl (C=O) groups excluding carboxylic acids is 1. The van der Waals surface area contributed by atoms with Gasteiger partial charge in [-0.15, -0.1) is 0 Å². The molecule has 0 radical (unpaired) electrons. The lowest BCUT2D eigenvalue weighted by Gasteiger charge is -2.18. The third-order valence-corrected chi connectivity index (χ3v) is 3.93. The fourth-order valence-corrected chi connectivity index (χ4v) is 2.78. The number of anilines is 1. The molecule has 0 spiro atoms. The molecule has 3 rings (SSSR count). The van der Waals surface area contributed by atoms with Crippen molar-refractivity contribution in [1.29, 1.82) is 0 Å². The highest BCUT2D eigenvalue weighted by atomic mass is 79.9. The van der Waals surface area contributed by atoms with Gasteiger partial charge in [-0.25, -0.2) is 0 Å². The minimum atomic E-state index is 0.0624. The van der Waals surface area contributed by atoms with E-state index in [-0.39, 0.29) is 5.91 Å². The van der Waals surface area contributed by atoms with Gasteiger partial charge in [-0.3, -0.25) is 4.79 Å². The minimum Gasteiger partial charge on any atom is -0.308 e. The topological polar surface area (TPSA) is 20.3 Å². The maximum absolute atomic E-state index is 12.5. The van der Waals surface area contributed by atoms with Gasteiger partial charge in [-0.2, -0.15) is 0 Å². The first-order chi connectivity index (χ1) is 8.77. The van der Waals surface area contributed by atoms with Crippen LogP contribution in [-0.4, -0.2) is 12.5 Å². The molecule has 90 valence electrons. The van der Waals surface area contributed by atoms with Crippen molar-refractivity contribution < 1.29 is 4.79 Å². The van der Waals surface area contributed by atoms with Crippen molar-refractivity contribution in [3.8, 4) is 0 Å². The molecular weight excluding hydrogens is 290 g/mol. The predicted octanol–water partition coefficient (Wildman–Crippen LogP) is 3.65. The summed E-state index contributed by atoms with van der Waals surface area (Å²) < 4.78 is 0.847. The number of carbonyl (C=O) groups is 1. The highest BCUT2D eigenvalue weighted by molar-refractivity contribution is 9.10. The number of halogens is 1. The molecule has 18 heavy (non-hydrogen) atoms. The van der Waals surface area contributed by atoms with Crippen LogP contribution in [0.2, 0.25) is 0 Å². The zero-order chi connectivity index (χ0) is 12.5. The summed E-state index contributed by atoms with van der Waals surface area (Å²) in [5, 5.41) is 0. The second kappa shape index (κ2) is 4.58. The van der Waals surface area contributed by atoms with Crippen molar-refractivity contribution in [3.05, 3.63) is 64.1 Å². The van der Waals surface area contributed by atoms with Gasteiger partial charge in [0, 0.05) is 16.7 Å². The Morgan fingerprint density at radius 2 is 1.78 bits per heavy atom. The number of hydrogen-bond donors (Lipinski definition) is 0. The molecular formula is C15H12BrNO. The third kappa shape index (κ3) is 1.85. The largest absolute Gasteiger partial charge is 0.308 e. The fourth-order valence-electron chi connectivity index (χ4n) is 2.33. The van der Waals surface area contributed by atoms with Crippen molar-refractivity contribution in [3.63, 3.8) is 0 Å². The van der Waals surface area contributed by atoms with E-state index < -0.39 is 0 Å². The molecule has 0 unspecified atom stereocenters. The average Bonchev–Trinajstić information content (AvgIpc) is 2.82. The van der Waals surface area contributed by atoms with Crippen LogP contribution in [-0.2, 0) is 6.42 Å². The van der Waals surface area contributed by atoms with Crippen LogP contribution in [0.3, 0.4) is 0 Å². The Morgan fingerprint density at radius 1 is 1.06 bits per heavy atom. The second-order valence-corrected chi connectivity index (χ2v) is 5.17. The number of benzene rings is 2. The number of fused-ring (bicyclic) bond motifs is 1. The van der Waals surface area contributed by atoms with Crippen LogP contribution in [0.15, 0.2) is 53.0 Å². The van der Waals surface area contributed by atoms with Gasteiger partial charge >= 0.3 is 0 Å². The molecule has 2 aromatic rings. The smallest absolute Gasteiger partial charge is 0.259 e. The van der Waals surface area contributed by atoms with Gasteiger partial charge in [-0.05, 0) is 46.1 Å². The molecule has 0 aliphatic carbocycles. The van der Waals surface area contributed by atoms with Gasteiger partial charge < -0.3 is 4.90 Å². The molecule has 0 atom stereocenters. The Kier molecular flexibility index (Phi) is 2.92. The Morgan fingerprint density at radius 3 is 2.61 bits per heavy atom. The SMILES string of the molecule is O=C(c1ccccc1Br)N1CCc2ccccc21. The summed E-state index contributed by atoms with van der Waals surface area (Å²) >= 11 is 3.44. The first kappa shape index (κ1) is 11.5. The van der Waals surface area contributed by atoms with E-state index in [0.717, 1.165) is 23.1 Å². The lowest BCUT2D eigenvalue weighted by atomic mass is 10.1. The van der Waals surface area contributed by atoms with E-state index in [1.807, 2.05) is 47.4 Å². The standard InChI is InChI=1S/C15H12BrNO/c16-13-7-3-2-6-12(13)15(18)17-10-9-11-5-1-4-8-14(11)17/h1-8H,9-10H2. The van der Waals surface area contributed by atoms with Gasteiger partial charge in [0.2, 0.25) is 0 Å². The van der Waals surface area contributed by atoms with Crippen LogP contribution in [0, 0.1) is 0 Å². The summed E-state index contributed by atoms with van der Waals surface area (Å²) in [7, 11) is 0. The Bertz CT molecular complexity index is 609. The summed E-state index contributed by atoms with van der Waals surface area (Å²) in [5.74, 6) is 0.0624. The highest BCUT2D eigenvalue weighted by Crippen LogP contribution is 2.30. The molecule has 3 heteroatoms. The van der Waals surface area contributed by atoms with Gasteiger partial charge in [0.05, 0.1) is 5.56 Å². The maximum Gasteiger partial charge on any atom is 0.259 e. The van der Waals surface area contributed by atoms with Crippen LogP contribution in [0.5, 0.6) is 0 Å². The first-order valence-electron chi connectivity index (χ1n) is 5.91. The monoisotopic (exact) mass is 301 g/mol. The van der Waals surface area contributed by atoms with Crippen LogP contribution in [0.25, 0.3) is 0 Å². The van der Waals surface area contributed by atoms with Gasteiger partial charge in [0.15, 0.2) is 0 Å². The van der Waals surface area contributed by atoms with Crippen LogP contribution in [0.4, 0.5) is 5.69 Å². The molecule has 2 aromatic carbocycles. The number of rotatable bonds is 1. The van der Waals surface area contributed by atoms with E-state index in [2.05, 4.69) is 22.0 Å². The zero-order valence-electron chi connectivity index (χ0n) is 9.77. The fraction of sp³-hybridized carbons (Fsp3) is 0.133. The normalized spacial score (nSPS) is 13.5.